The molecule has 0 saturated heterocycles. The van der Waals surface area contributed by atoms with Gasteiger partial charge in [0.25, 0.3) is 0 Å². The average Bonchev–Trinajstić information content (AvgIpc) is 2.74. The summed E-state index contributed by atoms with van der Waals surface area (Å²) in [5.41, 5.74) is 0.775. The normalized spacial score (nSPS) is 10.5. The number of benzene rings is 1. The number of carbonyl (C=O) groups is 1. The number of rotatable bonds is 3. The van der Waals surface area contributed by atoms with Crippen molar-refractivity contribution in [2.24, 2.45) is 0 Å². The van der Waals surface area contributed by atoms with Gasteiger partial charge in [0.2, 0.25) is 5.78 Å². The molecule has 2 aromatic rings. The van der Waals surface area contributed by atoms with Gasteiger partial charge in [0.05, 0.1) is 0 Å². The molecule has 17 heavy (non-hydrogen) atoms. The van der Waals surface area contributed by atoms with Crippen LogP contribution in [0.25, 0.3) is 0 Å². The number of aromatic nitrogens is 2. The zero-order chi connectivity index (χ0) is 12.4. The molecule has 0 atom stereocenters. The van der Waals surface area contributed by atoms with E-state index in [2.05, 4.69) is 21.0 Å². The molecular weight excluding hydrogens is 287 g/mol. The van der Waals surface area contributed by atoms with Gasteiger partial charge >= 0.3 is 0 Å². The fourth-order valence-corrected chi connectivity index (χ4v) is 2.08. The van der Waals surface area contributed by atoms with Gasteiger partial charge in [0.15, 0.2) is 0 Å². The molecule has 1 heterocycles. The smallest absolute Gasteiger partial charge is 0.211 e. The van der Waals surface area contributed by atoms with Gasteiger partial charge in [-0.2, -0.15) is 5.10 Å². The van der Waals surface area contributed by atoms with E-state index in [1.165, 1.54) is 12.1 Å². The number of carbonyl (C=O) groups excluding carboxylic acids is 1. The van der Waals surface area contributed by atoms with E-state index in [9.17, 15) is 9.18 Å². The van der Waals surface area contributed by atoms with Crippen LogP contribution in [0.1, 0.15) is 23.0 Å². The van der Waals surface area contributed by atoms with Crippen molar-refractivity contribution in [3.63, 3.8) is 0 Å². The third-order valence-corrected chi connectivity index (χ3v) is 2.83. The summed E-state index contributed by atoms with van der Waals surface area (Å²) in [6, 6.07) is 5.76. The summed E-state index contributed by atoms with van der Waals surface area (Å²) in [4.78, 5) is 12.1. The van der Waals surface area contributed by atoms with E-state index in [0.717, 1.165) is 0 Å². The fraction of sp³-hybridized carbons (Fsp3) is 0.167. The Balaban J connectivity index is 2.43. The van der Waals surface area contributed by atoms with Gasteiger partial charge in [0, 0.05) is 22.8 Å². The quantitative estimate of drug-likeness (QED) is 0.816. The van der Waals surface area contributed by atoms with Crippen LogP contribution in [0.3, 0.4) is 0 Å². The lowest BCUT2D eigenvalue weighted by Crippen LogP contribution is -2.10. The van der Waals surface area contributed by atoms with Crippen molar-refractivity contribution in [3.8, 4) is 0 Å². The van der Waals surface area contributed by atoms with Crippen molar-refractivity contribution in [3.05, 3.63) is 52.0 Å². The van der Waals surface area contributed by atoms with Gasteiger partial charge in [-0.25, -0.2) is 4.39 Å². The van der Waals surface area contributed by atoms with Crippen molar-refractivity contribution in [1.29, 1.82) is 0 Å². The molecule has 0 saturated carbocycles. The second-order valence-corrected chi connectivity index (χ2v) is 4.44. The van der Waals surface area contributed by atoms with Crippen LogP contribution in [0.4, 0.5) is 4.39 Å². The molecule has 3 nitrogen and oxygen atoms in total. The maximum atomic E-state index is 13.2. The lowest BCUT2D eigenvalue weighted by Gasteiger charge is -2.04. The zero-order valence-electron chi connectivity index (χ0n) is 9.15. The van der Waals surface area contributed by atoms with Crippen molar-refractivity contribution in [2.45, 2.75) is 13.5 Å². The molecule has 0 aliphatic carbocycles. The van der Waals surface area contributed by atoms with Gasteiger partial charge in [-0.05, 0) is 31.2 Å². The lowest BCUT2D eigenvalue weighted by molar-refractivity contribution is 0.102. The lowest BCUT2D eigenvalue weighted by atomic mass is 10.1. The maximum absolute atomic E-state index is 13.2. The molecule has 0 bridgehead atoms. The summed E-state index contributed by atoms with van der Waals surface area (Å²) < 4.78 is 15.3. The van der Waals surface area contributed by atoms with Crippen molar-refractivity contribution >= 4 is 21.7 Å². The minimum atomic E-state index is -0.440. The first-order chi connectivity index (χ1) is 8.11. The Hall–Kier alpha value is -1.49. The summed E-state index contributed by atoms with van der Waals surface area (Å²) in [5.74, 6) is -0.671. The number of ketones is 1. The molecule has 88 valence electrons. The molecule has 2 rings (SSSR count). The molecule has 0 N–H and O–H groups in total. The van der Waals surface area contributed by atoms with Crippen LogP contribution < -0.4 is 0 Å². The van der Waals surface area contributed by atoms with Crippen LogP contribution in [-0.2, 0) is 6.54 Å². The molecule has 0 unspecified atom stereocenters. The van der Waals surface area contributed by atoms with Crippen LogP contribution in [0.2, 0.25) is 0 Å². The highest BCUT2D eigenvalue weighted by Gasteiger charge is 2.14. The van der Waals surface area contributed by atoms with Crippen LogP contribution in [0.15, 0.2) is 34.9 Å². The Morgan fingerprint density at radius 1 is 1.47 bits per heavy atom. The third kappa shape index (κ3) is 2.44. The van der Waals surface area contributed by atoms with Crippen LogP contribution in [0.5, 0.6) is 0 Å². The van der Waals surface area contributed by atoms with E-state index in [0.29, 0.717) is 22.3 Å². The topological polar surface area (TPSA) is 34.9 Å². The number of hydrogen-bond donors (Lipinski definition) is 0. The van der Waals surface area contributed by atoms with E-state index in [-0.39, 0.29) is 5.78 Å². The molecule has 0 fully saturated rings. The van der Waals surface area contributed by atoms with Gasteiger partial charge < -0.3 is 0 Å². The molecule has 0 radical (unpaired) electrons. The van der Waals surface area contributed by atoms with E-state index < -0.39 is 5.82 Å². The predicted octanol–water partition coefficient (Wildman–Crippen LogP) is 3.04. The number of hydrogen-bond acceptors (Lipinski definition) is 2. The van der Waals surface area contributed by atoms with Gasteiger partial charge in [-0.15, -0.1) is 0 Å². The Bertz CT molecular complexity index is 545. The summed E-state index contributed by atoms with van der Waals surface area (Å²) in [6.07, 6.45) is 1.56. The summed E-state index contributed by atoms with van der Waals surface area (Å²) in [6.45, 7) is 2.50. The highest BCUT2D eigenvalue weighted by Crippen LogP contribution is 2.17. The first-order valence-electron chi connectivity index (χ1n) is 5.14. The Morgan fingerprint density at radius 3 is 2.88 bits per heavy atom. The van der Waals surface area contributed by atoms with Crippen LogP contribution in [-0.4, -0.2) is 15.6 Å². The van der Waals surface area contributed by atoms with Crippen molar-refractivity contribution < 1.29 is 9.18 Å². The largest absolute Gasteiger partial charge is 0.287 e. The molecule has 0 spiro atoms. The molecule has 1 aromatic carbocycles. The minimum absolute atomic E-state index is 0.232. The highest BCUT2D eigenvalue weighted by molar-refractivity contribution is 9.10. The first-order valence-corrected chi connectivity index (χ1v) is 5.93. The van der Waals surface area contributed by atoms with E-state index in [1.807, 2.05) is 6.92 Å². The van der Waals surface area contributed by atoms with Gasteiger partial charge in [-0.3, -0.25) is 9.48 Å². The van der Waals surface area contributed by atoms with Crippen molar-refractivity contribution in [1.82, 2.24) is 9.78 Å². The molecule has 0 aliphatic heterocycles. The monoisotopic (exact) mass is 296 g/mol. The summed E-state index contributed by atoms with van der Waals surface area (Å²) >= 11 is 3.17. The standard InChI is InChI=1S/C12H10BrFN2O/c1-2-16-11(3-4-15-16)12(17)8-5-9(13)7-10(14)6-8/h3-7H,2H2,1H3. The first kappa shape index (κ1) is 12.0. The van der Waals surface area contributed by atoms with E-state index in [4.69, 9.17) is 0 Å². The summed E-state index contributed by atoms with van der Waals surface area (Å²) in [7, 11) is 0. The molecular formula is C12H10BrFN2O. The molecule has 0 amide bonds. The van der Waals surface area contributed by atoms with E-state index in [1.54, 1.807) is 23.0 Å². The summed E-state index contributed by atoms with van der Waals surface area (Å²) in [5, 5.41) is 4.02. The van der Waals surface area contributed by atoms with Crippen molar-refractivity contribution in [2.75, 3.05) is 0 Å². The minimum Gasteiger partial charge on any atom is -0.287 e. The van der Waals surface area contributed by atoms with Crippen LogP contribution >= 0.6 is 15.9 Å². The second-order valence-electron chi connectivity index (χ2n) is 3.52. The predicted molar refractivity (Wildman–Crippen MR) is 65.4 cm³/mol. The number of nitrogens with zero attached hydrogens (tertiary/aromatic N) is 2. The molecule has 1 aromatic heterocycles. The van der Waals surface area contributed by atoms with Crippen LogP contribution in [0, 0.1) is 5.82 Å². The third-order valence-electron chi connectivity index (χ3n) is 2.37. The fourth-order valence-electron chi connectivity index (χ4n) is 1.61. The number of halogens is 2. The molecule has 0 aliphatic rings. The average molecular weight is 297 g/mol. The number of aryl methyl sites for hydroxylation is 1. The maximum Gasteiger partial charge on any atom is 0.211 e. The zero-order valence-corrected chi connectivity index (χ0v) is 10.7. The highest BCUT2D eigenvalue weighted by atomic mass is 79.9. The Kier molecular flexibility index (Phi) is 3.38. The van der Waals surface area contributed by atoms with E-state index >= 15 is 0 Å². The van der Waals surface area contributed by atoms with Gasteiger partial charge in [-0.1, -0.05) is 15.9 Å². The SMILES string of the molecule is CCn1nccc1C(=O)c1cc(F)cc(Br)c1. The molecule has 5 heteroatoms. The van der Waals surface area contributed by atoms with Gasteiger partial charge in [0.1, 0.15) is 11.5 Å². The Morgan fingerprint density at radius 2 is 2.24 bits per heavy atom. The second kappa shape index (κ2) is 4.79. The Labute approximate surface area is 106 Å².